The minimum Gasteiger partial charge on any atom is -0.357 e. The second kappa shape index (κ2) is 12.7. The number of carbonyl (C=O) groups excluding carboxylic acids is 2. The Bertz CT molecular complexity index is 1080. The lowest BCUT2D eigenvalue weighted by Crippen LogP contribution is -2.50. The molecule has 1 atom stereocenters. The van der Waals surface area contributed by atoms with Crippen LogP contribution in [0.4, 0.5) is 0 Å². The van der Waals surface area contributed by atoms with Gasteiger partial charge in [-0.15, -0.1) is 11.8 Å². The van der Waals surface area contributed by atoms with Gasteiger partial charge in [0.05, 0.1) is 5.75 Å². The van der Waals surface area contributed by atoms with Crippen molar-refractivity contribution < 1.29 is 9.59 Å². The summed E-state index contributed by atoms with van der Waals surface area (Å²) < 4.78 is 0. The van der Waals surface area contributed by atoms with Gasteiger partial charge in [-0.25, -0.2) is 0 Å². The fraction of sp³-hybridized carbons (Fsp3) is 0.231. The van der Waals surface area contributed by atoms with Gasteiger partial charge in [-0.1, -0.05) is 89.9 Å². The summed E-state index contributed by atoms with van der Waals surface area (Å²) in [6.07, 6.45) is 0.409. The van der Waals surface area contributed by atoms with E-state index in [1.54, 1.807) is 18.0 Å². The van der Waals surface area contributed by atoms with Gasteiger partial charge < -0.3 is 10.2 Å². The van der Waals surface area contributed by atoms with Crippen LogP contribution in [0.5, 0.6) is 0 Å². The van der Waals surface area contributed by atoms with Crippen LogP contribution in [-0.4, -0.2) is 35.6 Å². The summed E-state index contributed by atoms with van der Waals surface area (Å²) in [5, 5.41) is 3.96. The van der Waals surface area contributed by atoms with Crippen LogP contribution in [0.3, 0.4) is 0 Å². The Morgan fingerprint density at radius 3 is 2.06 bits per heavy atom. The molecule has 3 rings (SSSR count). The molecule has 4 nitrogen and oxygen atoms in total. The molecule has 0 aromatic heterocycles. The Labute approximate surface area is 209 Å². The van der Waals surface area contributed by atoms with Gasteiger partial charge in [-0.3, -0.25) is 9.59 Å². The molecule has 0 fully saturated rings. The summed E-state index contributed by atoms with van der Waals surface area (Å²) in [4.78, 5) is 28.0. The standard InChI is InChI=1S/C26H26Cl2N2O2S/c1-29-26(32)24(15-19-9-3-2-4-10-19)30(16-20-11-5-7-13-22(20)27)25(31)18-33-17-21-12-6-8-14-23(21)28/h2-14,24H,15-18H2,1H3,(H,29,32)/t24-/m1/s1. The maximum absolute atomic E-state index is 13.4. The molecular formula is C26H26Cl2N2O2S. The summed E-state index contributed by atoms with van der Waals surface area (Å²) >= 11 is 14.1. The van der Waals surface area contributed by atoms with Gasteiger partial charge in [0.2, 0.25) is 11.8 Å². The number of rotatable bonds is 10. The number of hydrogen-bond donors (Lipinski definition) is 1. The van der Waals surface area contributed by atoms with Crippen molar-refractivity contribution in [1.29, 1.82) is 0 Å². The Hall–Kier alpha value is -2.47. The average molecular weight is 501 g/mol. The molecule has 0 unspecified atom stereocenters. The average Bonchev–Trinajstić information content (AvgIpc) is 2.83. The molecule has 0 aliphatic heterocycles. The minimum atomic E-state index is -0.665. The molecule has 0 aliphatic carbocycles. The molecule has 7 heteroatoms. The van der Waals surface area contributed by atoms with Crippen molar-refractivity contribution in [3.05, 3.63) is 106 Å². The van der Waals surface area contributed by atoms with E-state index in [4.69, 9.17) is 23.2 Å². The van der Waals surface area contributed by atoms with E-state index in [2.05, 4.69) is 5.32 Å². The summed E-state index contributed by atoms with van der Waals surface area (Å²) in [5.74, 6) is 0.485. The number of nitrogens with one attached hydrogen (secondary N) is 1. The smallest absolute Gasteiger partial charge is 0.242 e. The largest absolute Gasteiger partial charge is 0.357 e. The van der Waals surface area contributed by atoms with E-state index in [1.807, 2.05) is 72.8 Å². The number of halogens is 2. The first-order valence-electron chi connectivity index (χ1n) is 10.6. The molecule has 0 saturated carbocycles. The van der Waals surface area contributed by atoms with Gasteiger partial charge in [-0.05, 0) is 28.8 Å². The van der Waals surface area contributed by atoms with E-state index >= 15 is 0 Å². The third-order valence-corrected chi connectivity index (χ3v) is 6.96. The number of hydrogen-bond acceptors (Lipinski definition) is 3. The van der Waals surface area contributed by atoms with Gasteiger partial charge in [-0.2, -0.15) is 0 Å². The van der Waals surface area contributed by atoms with Gasteiger partial charge in [0.25, 0.3) is 0 Å². The normalized spacial score (nSPS) is 11.6. The van der Waals surface area contributed by atoms with Gasteiger partial charge in [0.15, 0.2) is 0 Å². The molecule has 0 heterocycles. The highest BCUT2D eigenvalue weighted by molar-refractivity contribution is 7.99. The summed E-state index contributed by atoms with van der Waals surface area (Å²) in [5.41, 5.74) is 2.75. The highest BCUT2D eigenvalue weighted by Gasteiger charge is 2.30. The zero-order valence-corrected chi connectivity index (χ0v) is 20.7. The number of benzene rings is 3. The Kier molecular flexibility index (Phi) is 9.67. The molecule has 0 spiro atoms. The molecule has 0 radical (unpaired) electrons. The fourth-order valence-electron chi connectivity index (χ4n) is 3.48. The zero-order valence-electron chi connectivity index (χ0n) is 18.3. The number of nitrogens with zero attached hydrogens (tertiary/aromatic N) is 1. The van der Waals surface area contributed by atoms with E-state index in [0.717, 1.165) is 16.7 Å². The van der Waals surface area contributed by atoms with Crippen LogP contribution in [0.1, 0.15) is 16.7 Å². The maximum atomic E-state index is 13.4. The van der Waals surface area contributed by atoms with Crippen LogP contribution in [0, 0.1) is 0 Å². The minimum absolute atomic E-state index is 0.128. The predicted molar refractivity (Wildman–Crippen MR) is 138 cm³/mol. The van der Waals surface area contributed by atoms with Crippen molar-refractivity contribution in [1.82, 2.24) is 10.2 Å². The topological polar surface area (TPSA) is 49.4 Å². The highest BCUT2D eigenvalue weighted by atomic mass is 35.5. The molecule has 1 N–H and O–H groups in total. The predicted octanol–water partition coefficient (Wildman–Crippen LogP) is 5.61. The van der Waals surface area contributed by atoms with Gasteiger partial charge >= 0.3 is 0 Å². The lowest BCUT2D eigenvalue weighted by Gasteiger charge is -2.31. The fourth-order valence-corrected chi connectivity index (χ4v) is 4.87. The number of amides is 2. The maximum Gasteiger partial charge on any atom is 0.242 e. The van der Waals surface area contributed by atoms with Crippen molar-refractivity contribution in [2.24, 2.45) is 0 Å². The first-order chi connectivity index (χ1) is 16.0. The number of likely N-dealkylation sites (N-methyl/N-ethyl adjacent to an activating group) is 1. The summed E-state index contributed by atoms with van der Waals surface area (Å²) in [6, 6.07) is 24.0. The van der Waals surface area contributed by atoms with Crippen LogP contribution in [-0.2, 0) is 28.3 Å². The molecule has 0 bridgehead atoms. The molecule has 3 aromatic rings. The molecule has 33 heavy (non-hydrogen) atoms. The molecule has 0 saturated heterocycles. The van der Waals surface area contributed by atoms with E-state index in [-0.39, 0.29) is 24.1 Å². The lowest BCUT2D eigenvalue weighted by molar-refractivity contribution is -0.139. The highest BCUT2D eigenvalue weighted by Crippen LogP contribution is 2.24. The van der Waals surface area contributed by atoms with Crippen molar-refractivity contribution in [2.45, 2.75) is 24.8 Å². The van der Waals surface area contributed by atoms with Gasteiger partial charge in [0.1, 0.15) is 6.04 Å². The third-order valence-electron chi connectivity index (χ3n) is 5.26. The van der Waals surface area contributed by atoms with Gasteiger partial charge in [0, 0.05) is 35.8 Å². The molecule has 0 aliphatic rings. The van der Waals surface area contributed by atoms with Crippen LogP contribution in [0.2, 0.25) is 10.0 Å². The van der Waals surface area contributed by atoms with E-state index in [1.165, 1.54) is 11.8 Å². The van der Waals surface area contributed by atoms with Crippen molar-refractivity contribution in [3.8, 4) is 0 Å². The van der Waals surface area contributed by atoms with Crippen LogP contribution >= 0.6 is 35.0 Å². The molecular weight excluding hydrogens is 475 g/mol. The lowest BCUT2D eigenvalue weighted by atomic mass is 10.0. The van der Waals surface area contributed by atoms with Crippen molar-refractivity contribution in [2.75, 3.05) is 12.8 Å². The second-order valence-electron chi connectivity index (χ2n) is 7.52. The van der Waals surface area contributed by atoms with E-state index in [0.29, 0.717) is 22.2 Å². The zero-order chi connectivity index (χ0) is 23.6. The van der Waals surface area contributed by atoms with E-state index < -0.39 is 6.04 Å². The number of thioether (sulfide) groups is 1. The number of carbonyl (C=O) groups is 2. The molecule has 3 aromatic carbocycles. The SMILES string of the molecule is CNC(=O)[C@@H](Cc1ccccc1)N(Cc1ccccc1Cl)C(=O)CSCc1ccccc1Cl. The second-order valence-corrected chi connectivity index (χ2v) is 9.32. The van der Waals surface area contributed by atoms with Crippen molar-refractivity contribution in [3.63, 3.8) is 0 Å². The summed E-state index contributed by atoms with van der Waals surface area (Å²) in [7, 11) is 1.59. The third kappa shape index (κ3) is 7.26. The summed E-state index contributed by atoms with van der Waals surface area (Å²) in [6.45, 7) is 0.246. The van der Waals surface area contributed by atoms with Crippen LogP contribution in [0.25, 0.3) is 0 Å². The quantitative estimate of drug-likeness (QED) is 0.393. The first-order valence-corrected chi connectivity index (χ1v) is 12.5. The monoisotopic (exact) mass is 500 g/mol. The Morgan fingerprint density at radius 2 is 1.45 bits per heavy atom. The van der Waals surface area contributed by atoms with E-state index in [9.17, 15) is 9.59 Å². The Morgan fingerprint density at radius 1 is 0.879 bits per heavy atom. The van der Waals surface area contributed by atoms with Crippen LogP contribution in [0.15, 0.2) is 78.9 Å². The van der Waals surface area contributed by atoms with Crippen molar-refractivity contribution >= 4 is 46.8 Å². The molecule has 2 amide bonds. The Balaban J connectivity index is 1.83. The van der Waals surface area contributed by atoms with Crippen LogP contribution < -0.4 is 5.32 Å². The molecule has 172 valence electrons. The first kappa shape index (κ1) is 25.2.